The molecule has 0 spiro atoms. The molecule has 3 N–H and O–H groups in total. The van der Waals surface area contributed by atoms with E-state index in [1.807, 2.05) is 0 Å². The highest BCUT2D eigenvalue weighted by molar-refractivity contribution is 9.11. The molecule has 2 heterocycles. The van der Waals surface area contributed by atoms with E-state index in [9.17, 15) is 0 Å². The summed E-state index contributed by atoms with van der Waals surface area (Å²) in [6.45, 7) is 1.64. The van der Waals surface area contributed by atoms with Crippen LogP contribution < -0.4 is 11.3 Å². The standard InChI is InChI=1S/C11H14BrN5S/c1-17(5-8-2-10(12)18-7-8)6-9-3-15-11(16-13)4-14-9/h2-4,7H,5-6,13H2,1H3,(H,15,16). The Hall–Kier alpha value is -1.02. The Labute approximate surface area is 118 Å². The number of anilines is 1. The van der Waals surface area contributed by atoms with Gasteiger partial charge >= 0.3 is 0 Å². The lowest BCUT2D eigenvalue weighted by atomic mass is 10.3. The molecule has 96 valence electrons. The van der Waals surface area contributed by atoms with Gasteiger partial charge in [0.25, 0.3) is 0 Å². The predicted octanol–water partition coefficient (Wildman–Crippen LogP) is 2.22. The third kappa shape index (κ3) is 3.74. The van der Waals surface area contributed by atoms with Gasteiger partial charge in [0.15, 0.2) is 5.82 Å². The van der Waals surface area contributed by atoms with Crippen molar-refractivity contribution in [1.82, 2.24) is 14.9 Å². The largest absolute Gasteiger partial charge is 0.307 e. The fourth-order valence-corrected chi connectivity index (χ4v) is 2.78. The van der Waals surface area contributed by atoms with E-state index in [0.717, 1.165) is 22.6 Å². The quantitative estimate of drug-likeness (QED) is 0.651. The maximum absolute atomic E-state index is 5.24. The number of nitrogens with two attached hydrogens (primary N) is 1. The molecule has 0 aliphatic heterocycles. The van der Waals surface area contributed by atoms with Crippen LogP contribution in [-0.2, 0) is 13.1 Å². The van der Waals surface area contributed by atoms with Crippen LogP contribution in [0.4, 0.5) is 5.82 Å². The summed E-state index contributed by atoms with van der Waals surface area (Å²) in [5, 5.41) is 2.15. The van der Waals surface area contributed by atoms with Crippen molar-refractivity contribution in [3.63, 3.8) is 0 Å². The summed E-state index contributed by atoms with van der Waals surface area (Å²) in [5.41, 5.74) is 4.68. The molecule has 0 aliphatic rings. The summed E-state index contributed by atoms with van der Waals surface area (Å²) in [7, 11) is 2.06. The van der Waals surface area contributed by atoms with Gasteiger partial charge in [-0.3, -0.25) is 9.88 Å². The molecule has 0 atom stereocenters. The molecule has 18 heavy (non-hydrogen) atoms. The predicted molar refractivity (Wildman–Crippen MR) is 77.0 cm³/mol. The lowest BCUT2D eigenvalue weighted by Crippen LogP contribution is -2.18. The van der Waals surface area contributed by atoms with Crippen molar-refractivity contribution in [3.05, 3.63) is 38.9 Å². The summed E-state index contributed by atoms with van der Waals surface area (Å²) in [5.74, 6) is 5.81. The molecule has 0 amide bonds. The van der Waals surface area contributed by atoms with Crippen molar-refractivity contribution >= 4 is 33.1 Å². The Morgan fingerprint density at radius 2 is 2.22 bits per heavy atom. The average Bonchev–Trinajstić information content (AvgIpc) is 2.75. The minimum Gasteiger partial charge on any atom is -0.307 e. The molecule has 2 rings (SSSR count). The highest BCUT2D eigenvalue weighted by Gasteiger charge is 2.05. The summed E-state index contributed by atoms with van der Waals surface area (Å²) in [6, 6.07) is 2.13. The zero-order chi connectivity index (χ0) is 13.0. The lowest BCUT2D eigenvalue weighted by molar-refractivity contribution is 0.315. The molecule has 0 fully saturated rings. The number of thiophene rings is 1. The molecule has 2 aromatic heterocycles. The van der Waals surface area contributed by atoms with E-state index in [0.29, 0.717) is 5.82 Å². The number of hydrogen-bond donors (Lipinski definition) is 2. The molecule has 5 nitrogen and oxygen atoms in total. The van der Waals surface area contributed by atoms with E-state index in [-0.39, 0.29) is 0 Å². The van der Waals surface area contributed by atoms with Gasteiger partial charge in [-0.1, -0.05) is 0 Å². The smallest absolute Gasteiger partial charge is 0.158 e. The molecule has 2 aromatic rings. The first-order valence-electron chi connectivity index (χ1n) is 5.36. The van der Waals surface area contributed by atoms with E-state index < -0.39 is 0 Å². The average molecular weight is 328 g/mol. The maximum Gasteiger partial charge on any atom is 0.158 e. The van der Waals surface area contributed by atoms with Crippen LogP contribution in [-0.4, -0.2) is 21.9 Å². The Morgan fingerprint density at radius 3 is 2.78 bits per heavy atom. The Balaban J connectivity index is 1.91. The third-order valence-electron chi connectivity index (χ3n) is 2.36. The Morgan fingerprint density at radius 1 is 1.39 bits per heavy atom. The van der Waals surface area contributed by atoms with Crippen LogP contribution >= 0.6 is 27.3 Å². The van der Waals surface area contributed by atoms with Crippen LogP contribution in [0.3, 0.4) is 0 Å². The van der Waals surface area contributed by atoms with Crippen LogP contribution in [0.5, 0.6) is 0 Å². The van der Waals surface area contributed by atoms with Crippen molar-refractivity contribution in [3.8, 4) is 0 Å². The van der Waals surface area contributed by atoms with Gasteiger partial charge < -0.3 is 5.43 Å². The monoisotopic (exact) mass is 327 g/mol. The van der Waals surface area contributed by atoms with Crippen molar-refractivity contribution in [2.45, 2.75) is 13.1 Å². The number of halogens is 1. The van der Waals surface area contributed by atoms with Crippen LogP contribution in [0.25, 0.3) is 0 Å². The van der Waals surface area contributed by atoms with E-state index in [1.165, 1.54) is 5.56 Å². The summed E-state index contributed by atoms with van der Waals surface area (Å²) in [6.07, 6.45) is 3.36. The Bertz CT molecular complexity index is 498. The first-order valence-corrected chi connectivity index (χ1v) is 7.03. The van der Waals surface area contributed by atoms with Gasteiger partial charge in [-0.25, -0.2) is 10.8 Å². The van der Waals surface area contributed by atoms with Gasteiger partial charge in [-0.05, 0) is 40.0 Å². The fourth-order valence-electron chi connectivity index (χ4n) is 1.58. The summed E-state index contributed by atoms with van der Waals surface area (Å²) >= 11 is 5.16. The second kappa shape index (κ2) is 6.24. The van der Waals surface area contributed by atoms with Gasteiger partial charge in [-0.15, -0.1) is 11.3 Å². The number of hydrogen-bond acceptors (Lipinski definition) is 6. The maximum atomic E-state index is 5.24. The number of nitrogens with one attached hydrogen (secondary N) is 1. The van der Waals surface area contributed by atoms with E-state index in [4.69, 9.17) is 5.84 Å². The van der Waals surface area contributed by atoms with Crippen molar-refractivity contribution in [2.75, 3.05) is 12.5 Å². The van der Waals surface area contributed by atoms with Crippen molar-refractivity contribution in [1.29, 1.82) is 0 Å². The van der Waals surface area contributed by atoms with Gasteiger partial charge in [0.05, 0.1) is 21.9 Å². The highest BCUT2D eigenvalue weighted by Crippen LogP contribution is 2.21. The second-order valence-corrected chi connectivity index (χ2v) is 6.26. The van der Waals surface area contributed by atoms with E-state index in [2.05, 4.69) is 54.7 Å². The Kier molecular flexibility index (Phi) is 4.65. The normalized spacial score (nSPS) is 10.9. The zero-order valence-electron chi connectivity index (χ0n) is 9.93. The molecular weight excluding hydrogens is 314 g/mol. The SMILES string of the molecule is CN(Cc1csc(Br)c1)Cc1cnc(NN)cn1. The first-order chi connectivity index (χ1) is 8.67. The molecule has 0 aliphatic carbocycles. The first kappa shape index (κ1) is 13.4. The fraction of sp³-hybridized carbons (Fsp3) is 0.273. The summed E-state index contributed by atoms with van der Waals surface area (Å²) < 4.78 is 1.16. The number of hydrazine groups is 1. The van der Waals surface area contributed by atoms with Gasteiger partial charge in [0, 0.05) is 13.1 Å². The topological polar surface area (TPSA) is 67.1 Å². The van der Waals surface area contributed by atoms with Crippen molar-refractivity contribution in [2.24, 2.45) is 5.84 Å². The van der Waals surface area contributed by atoms with Gasteiger partial charge in [0.2, 0.25) is 0 Å². The molecule has 0 radical (unpaired) electrons. The van der Waals surface area contributed by atoms with Crippen LogP contribution in [0.2, 0.25) is 0 Å². The summed E-state index contributed by atoms with van der Waals surface area (Å²) in [4.78, 5) is 10.6. The molecule has 7 heteroatoms. The number of nitrogen functional groups attached to an aromatic ring is 1. The molecule has 0 saturated heterocycles. The van der Waals surface area contributed by atoms with E-state index >= 15 is 0 Å². The molecular formula is C11H14BrN5S. The molecule has 0 saturated carbocycles. The molecule has 0 bridgehead atoms. The number of aromatic nitrogens is 2. The third-order valence-corrected chi connectivity index (χ3v) is 3.91. The van der Waals surface area contributed by atoms with E-state index in [1.54, 1.807) is 23.7 Å². The second-order valence-electron chi connectivity index (χ2n) is 3.97. The van der Waals surface area contributed by atoms with Crippen LogP contribution in [0.1, 0.15) is 11.3 Å². The van der Waals surface area contributed by atoms with Crippen molar-refractivity contribution < 1.29 is 0 Å². The lowest BCUT2D eigenvalue weighted by Gasteiger charge is -2.15. The number of nitrogens with zero attached hydrogens (tertiary/aromatic N) is 3. The zero-order valence-corrected chi connectivity index (χ0v) is 12.3. The molecule has 0 unspecified atom stereocenters. The highest BCUT2D eigenvalue weighted by atomic mass is 79.9. The van der Waals surface area contributed by atoms with Gasteiger partial charge in [0.1, 0.15) is 0 Å². The van der Waals surface area contributed by atoms with Gasteiger partial charge in [-0.2, -0.15) is 0 Å². The molecule has 0 aromatic carbocycles. The van der Waals surface area contributed by atoms with Crippen LogP contribution in [0.15, 0.2) is 27.6 Å². The minimum absolute atomic E-state index is 0.572. The van der Waals surface area contributed by atoms with Crippen LogP contribution in [0, 0.1) is 0 Å². The number of rotatable bonds is 5. The minimum atomic E-state index is 0.572.